The van der Waals surface area contributed by atoms with Crippen LogP contribution in [0.1, 0.15) is 186 Å². The summed E-state index contributed by atoms with van der Waals surface area (Å²) in [4.78, 5) is 0. The zero-order chi connectivity index (χ0) is 27.4. The molecule has 0 saturated heterocycles. The second kappa shape index (κ2) is 27.4. The van der Waals surface area contributed by atoms with Crippen LogP contribution in [-0.4, -0.2) is 0 Å². The van der Waals surface area contributed by atoms with E-state index in [-0.39, 0.29) is 0 Å². The molecular weight excluding hydrogens is 456 g/mol. The molecule has 0 aliphatic rings. The van der Waals surface area contributed by atoms with E-state index in [0.29, 0.717) is 5.92 Å². The smallest absolute Gasteiger partial charge is 0.0247 e. The van der Waals surface area contributed by atoms with Crippen LogP contribution in [0.25, 0.3) is 0 Å². The molecule has 0 spiro atoms. The number of benzene rings is 1. The summed E-state index contributed by atoms with van der Waals surface area (Å²) >= 11 is 0. The Kier molecular flexibility index (Phi) is 25.1. The summed E-state index contributed by atoms with van der Waals surface area (Å²) < 4.78 is 0. The summed E-state index contributed by atoms with van der Waals surface area (Å²) in [5, 5.41) is 0. The fourth-order valence-electron chi connectivity index (χ4n) is 5.27. The first-order valence-corrected chi connectivity index (χ1v) is 17.2. The molecule has 1 aromatic carbocycles. The van der Waals surface area contributed by atoms with E-state index in [1.54, 1.807) is 0 Å². The lowest BCUT2D eigenvalue weighted by atomic mass is 9.98. The molecule has 0 saturated carbocycles. The van der Waals surface area contributed by atoms with Crippen molar-refractivity contribution in [1.82, 2.24) is 0 Å². The molecule has 1 rings (SSSR count). The standard InChI is InChI=1S/C38H65/c1-4-6-7-8-9-10-11-12-13-14-15-16-17-18-19-20-21-22-23-24-25-26-27-28-30-37-31-29-32-38(35-37)34-33-36(3)5-2/h29,31-33,35-36H,4-27,34H2,1-3H3. The first-order valence-electron chi connectivity index (χ1n) is 17.2. The molecule has 0 bridgehead atoms. The number of hydrogen-bond acceptors (Lipinski definition) is 0. The molecule has 1 aromatic rings. The zero-order valence-electron chi connectivity index (χ0n) is 26.1. The van der Waals surface area contributed by atoms with E-state index in [2.05, 4.69) is 63.3 Å². The first kappa shape index (κ1) is 34.8. The van der Waals surface area contributed by atoms with E-state index in [9.17, 15) is 0 Å². The predicted molar refractivity (Wildman–Crippen MR) is 173 cm³/mol. The fourth-order valence-corrected chi connectivity index (χ4v) is 5.27. The van der Waals surface area contributed by atoms with Crippen LogP contribution in [0.5, 0.6) is 0 Å². The van der Waals surface area contributed by atoms with Crippen molar-refractivity contribution in [3.05, 3.63) is 41.8 Å². The number of unbranched alkanes of at least 4 members (excludes halogenated alkanes) is 22. The van der Waals surface area contributed by atoms with Crippen LogP contribution in [0.3, 0.4) is 0 Å². The van der Waals surface area contributed by atoms with Crippen LogP contribution in [-0.2, 0) is 6.42 Å². The Morgan fingerprint density at radius 2 is 1.05 bits per heavy atom. The molecule has 0 heteroatoms. The summed E-state index contributed by atoms with van der Waals surface area (Å²) in [6.07, 6.45) is 37.5. The molecule has 0 heterocycles. The van der Waals surface area contributed by atoms with Crippen molar-refractivity contribution in [3.63, 3.8) is 0 Å². The van der Waals surface area contributed by atoms with Crippen molar-refractivity contribution in [1.29, 1.82) is 0 Å². The lowest BCUT2D eigenvalue weighted by Crippen LogP contribution is -1.96. The zero-order valence-corrected chi connectivity index (χ0v) is 26.1. The highest BCUT2D eigenvalue weighted by molar-refractivity contribution is 5.37. The quantitative estimate of drug-likeness (QED) is 0.0839. The maximum absolute atomic E-state index is 3.41. The Hall–Kier alpha value is -1.22. The predicted octanol–water partition coefficient (Wildman–Crippen LogP) is 12.8. The summed E-state index contributed by atoms with van der Waals surface area (Å²) in [7, 11) is 0. The molecule has 0 aliphatic heterocycles. The van der Waals surface area contributed by atoms with Gasteiger partial charge in [-0.25, -0.2) is 0 Å². The summed E-state index contributed by atoms with van der Waals surface area (Å²) in [5.74, 6) is 7.49. The Morgan fingerprint density at radius 1 is 0.605 bits per heavy atom. The van der Waals surface area contributed by atoms with Gasteiger partial charge in [-0.3, -0.25) is 0 Å². The molecule has 0 aliphatic carbocycles. The Morgan fingerprint density at radius 3 is 1.50 bits per heavy atom. The minimum Gasteiger partial charge on any atom is -0.0979 e. The summed E-state index contributed by atoms with van der Waals surface area (Å²) in [6, 6.07) is 8.80. The van der Waals surface area contributed by atoms with Gasteiger partial charge in [0.25, 0.3) is 0 Å². The Labute approximate surface area is 240 Å². The van der Waals surface area contributed by atoms with Crippen LogP contribution in [0.15, 0.2) is 24.3 Å². The molecule has 38 heavy (non-hydrogen) atoms. The van der Waals surface area contributed by atoms with Gasteiger partial charge in [-0.2, -0.15) is 0 Å². The molecule has 1 radical (unpaired) electrons. The van der Waals surface area contributed by atoms with E-state index < -0.39 is 0 Å². The minimum absolute atomic E-state index is 0.693. The maximum atomic E-state index is 3.41. The van der Waals surface area contributed by atoms with Gasteiger partial charge in [0.1, 0.15) is 0 Å². The molecule has 0 fully saturated rings. The molecule has 0 amide bonds. The van der Waals surface area contributed by atoms with Crippen LogP contribution in [0, 0.1) is 24.2 Å². The van der Waals surface area contributed by atoms with Gasteiger partial charge < -0.3 is 0 Å². The highest BCUT2D eigenvalue weighted by Gasteiger charge is 2.01. The van der Waals surface area contributed by atoms with E-state index >= 15 is 0 Å². The Balaban J connectivity index is 1.81. The van der Waals surface area contributed by atoms with Gasteiger partial charge in [0.05, 0.1) is 0 Å². The molecule has 217 valence electrons. The second-order valence-electron chi connectivity index (χ2n) is 12.0. The third-order valence-electron chi connectivity index (χ3n) is 8.21. The normalized spacial score (nSPS) is 11.9. The number of hydrogen-bond donors (Lipinski definition) is 0. The number of rotatable bonds is 26. The van der Waals surface area contributed by atoms with Gasteiger partial charge >= 0.3 is 0 Å². The van der Waals surface area contributed by atoms with Gasteiger partial charge in [0, 0.05) is 12.0 Å². The Bertz CT molecular complexity index is 675. The first-order chi connectivity index (χ1) is 18.8. The van der Waals surface area contributed by atoms with Crippen molar-refractivity contribution in [2.75, 3.05) is 0 Å². The third kappa shape index (κ3) is 22.7. The monoisotopic (exact) mass is 522 g/mol. The van der Waals surface area contributed by atoms with Crippen molar-refractivity contribution in [3.8, 4) is 11.8 Å². The highest BCUT2D eigenvalue weighted by atomic mass is 14.1. The molecular formula is C38H65. The summed E-state index contributed by atoms with van der Waals surface area (Å²) in [5.41, 5.74) is 2.57. The van der Waals surface area contributed by atoms with E-state index in [1.807, 2.05) is 0 Å². The molecule has 0 N–H and O–H groups in total. The van der Waals surface area contributed by atoms with Crippen molar-refractivity contribution in [2.45, 2.75) is 181 Å². The SMILES string of the molecule is CCCCCCCCCCCCCCCCCCCCCCCCC#Cc1cccc(C[CH]C(C)CC)c1. The average Bonchev–Trinajstić information content (AvgIpc) is 2.94. The van der Waals surface area contributed by atoms with Gasteiger partial charge in [-0.05, 0) is 42.9 Å². The minimum atomic E-state index is 0.693. The molecule has 1 atom stereocenters. The van der Waals surface area contributed by atoms with Crippen LogP contribution in [0.2, 0.25) is 0 Å². The van der Waals surface area contributed by atoms with Crippen molar-refractivity contribution >= 4 is 0 Å². The largest absolute Gasteiger partial charge is 0.0979 e. The van der Waals surface area contributed by atoms with Crippen LogP contribution >= 0.6 is 0 Å². The van der Waals surface area contributed by atoms with Crippen molar-refractivity contribution < 1.29 is 0 Å². The third-order valence-corrected chi connectivity index (χ3v) is 8.21. The van der Waals surface area contributed by atoms with Crippen LogP contribution < -0.4 is 0 Å². The molecule has 1 unspecified atom stereocenters. The van der Waals surface area contributed by atoms with Gasteiger partial charge in [0.2, 0.25) is 0 Å². The molecule has 0 nitrogen and oxygen atoms in total. The summed E-state index contributed by atoms with van der Waals surface area (Å²) in [6.45, 7) is 6.85. The van der Waals surface area contributed by atoms with Gasteiger partial charge in [-0.15, -0.1) is 0 Å². The van der Waals surface area contributed by atoms with Crippen molar-refractivity contribution in [2.24, 2.45) is 5.92 Å². The highest BCUT2D eigenvalue weighted by Crippen LogP contribution is 2.16. The fraction of sp³-hybridized carbons (Fsp3) is 0.763. The maximum Gasteiger partial charge on any atom is 0.0247 e. The molecule has 0 aromatic heterocycles. The second-order valence-corrected chi connectivity index (χ2v) is 12.0. The van der Waals surface area contributed by atoms with Gasteiger partial charge in [-0.1, -0.05) is 186 Å². The topological polar surface area (TPSA) is 0 Å². The average molecular weight is 522 g/mol. The van der Waals surface area contributed by atoms with Crippen LogP contribution in [0.4, 0.5) is 0 Å². The van der Waals surface area contributed by atoms with E-state index in [0.717, 1.165) is 12.8 Å². The van der Waals surface area contributed by atoms with E-state index in [4.69, 9.17) is 0 Å². The van der Waals surface area contributed by atoms with E-state index in [1.165, 1.54) is 159 Å². The lowest BCUT2D eigenvalue weighted by Gasteiger charge is -2.07. The van der Waals surface area contributed by atoms with Gasteiger partial charge in [0.15, 0.2) is 0 Å². The lowest BCUT2D eigenvalue weighted by molar-refractivity contribution is 0.519.